The van der Waals surface area contributed by atoms with Gasteiger partial charge in [-0.05, 0) is 43.7 Å². The maximum absolute atomic E-state index is 13.0. The highest BCUT2D eigenvalue weighted by Crippen LogP contribution is 2.31. The lowest BCUT2D eigenvalue weighted by atomic mass is 9.94. The summed E-state index contributed by atoms with van der Waals surface area (Å²) >= 11 is 0. The Balaban J connectivity index is 1.29. The largest absolute Gasteiger partial charge is 0.335 e. The standard InChI is InChI=1S/C21H29N3O2/c25-20(24-15-12-16-6-4-5-9-19(16)24)17-10-13-23(14-11-17)21(26)22-18-7-2-1-3-8-18/h4-6,9,17-18H,1-3,7-8,10-15H2,(H,22,26). The second-order valence-corrected chi connectivity index (χ2v) is 7.91. The van der Waals surface area contributed by atoms with Crippen LogP contribution in [0.2, 0.25) is 0 Å². The molecule has 0 atom stereocenters. The molecule has 140 valence electrons. The zero-order chi connectivity index (χ0) is 17.9. The van der Waals surface area contributed by atoms with Gasteiger partial charge in [0.2, 0.25) is 5.91 Å². The van der Waals surface area contributed by atoms with E-state index < -0.39 is 0 Å². The summed E-state index contributed by atoms with van der Waals surface area (Å²) in [4.78, 5) is 29.3. The van der Waals surface area contributed by atoms with Gasteiger partial charge in [-0.1, -0.05) is 37.5 Å². The molecule has 0 bridgehead atoms. The van der Waals surface area contributed by atoms with E-state index in [0.29, 0.717) is 19.1 Å². The molecule has 3 amide bonds. The van der Waals surface area contributed by atoms with Gasteiger partial charge in [-0.25, -0.2) is 4.79 Å². The third-order valence-corrected chi connectivity index (χ3v) is 6.22. The number of rotatable bonds is 2. The Bertz CT molecular complexity index is 661. The van der Waals surface area contributed by atoms with Crippen LogP contribution in [0.4, 0.5) is 10.5 Å². The van der Waals surface area contributed by atoms with Gasteiger partial charge in [-0.3, -0.25) is 4.79 Å². The number of carbonyl (C=O) groups is 2. The highest BCUT2D eigenvalue weighted by molar-refractivity contribution is 5.97. The van der Waals surface area contributed by atoms with E-state index in [1.807, 2.05) is 28.0 Å². The number of para-hydroxylation sites is 1. The number of urea groups is 1. The maximum Gasteiger partial charge on any atom is 0.317 e. The second kappa shape index (κ2) is 7.68. The van der Waals surface area contributed by atoms with E-state index in [-0.39, 0.29) is 17.9 Å². The van der Waals surface area contributed by atoms with Crippen LogP contribution < -0.4 is 10.2 Å². The van der Waals surface area contributed by atoms with Crippen LogP contribution in [0.3, 0.4) is 0 Å². The van der Waals surface area contributed by atoms with E-state index in [9.17, 15) is 9.59 Å². The average Bonchev–Trinajstić information content (AvgIpc) is 3.12. The molecular weight excluding hydrogens is 326 g/mol. The fraction of sp³-hybridized carbons (Fsp3) is 0.619. The normalized spacial score (nSPS) is 21.5. The lowest BCUT2D eigenvalue weighted by Gasteiger charge is -2.34. The summed E-state index contributed by atoms with van der Waals surface area (Å²) in [5, 5.41) is 3.19. The van der Waals surface area contributed by atoms with Crippen LogP contribution >= 0.6 is 0 Å². The molecule has 1 N–H and O–H groups in total. The number of nitrogens with zero attached hydrogens (tertiary/aromatic N) is 2. The molecule has 1 aromatic rings. The van der Waals surface area contributed by atoms with E-state index in [1.54, 1.807) is 0 Å². The monoisotopic (exact) mass is 355 g/mol. The minimum Gasteiger partial charge on any atom is -0.335 e. The fourth-order valence-corrected chi connectivity index (χ4v) is 4.63. The molecule has 4 rings (SSSR count). The van der Waals surface area contributed by atoms with Crippen molar-refractivity contribution in [2.75, 3.05) is 24.5 Å². The molecule has 1 saturated carbocycles. The SMILES string of the molecule is O=C(NC1CCCCC1)N1CCC(C(=O)N2CCc3ccccc32)CC1. The summed E-state index contributed by atoms with van der Waals surface area (Å²) in [6.45, 7) is 2.16. The number of nitrogens with one attached hydrogen (secondary N) is 1. The molecule has 5 nitrogen and oxygen atoms in total. The Morgan fingerprint density at radius 3 is 2.42 bits per heavy atom. The van der Waals surface area contributed by atoms with E-state index in [1.165, 1.54) is 24.8 Å². The van der Waals surface area contributed by atoms with Crippen molar-refractivity contribution in [3.05, 3.63) is 29.8 Å². The molecule has 1 saturated heterocycles. The first kappa shape index (κ1) is 17.4. The molecule has 2 aliphatic heterocycles. The number of piperidine rings is 1. The molecule has 2 fully saturated rings. The lowest BCUT2D eigenvalue weighted by Crippen LogP contribution is -2.50. The van der Waals surface area contributed by atoms with Crippen LogP contribution in [0.1, 0.15) is 50.5 Å². The smallest absolute Gasteiger partial charge is 0.317 e. The number of hydrogen-bond acceptors (Lipinski definition) is 2. The summed E-state index contributed by atoms with van der Waals surface area (Å²) in [5.74, 6) is 0.280. The van der Waals surface area contributed by atoms with Crippen LogP contribution in [0.25, 0.3) is 0 Å². The quantitative estimate of drug-likeness (QED) is 0.885. The maximum atomic E-state index is 13.0. The van der Waals surface area contributed by atoms with E-state index in [4.69, 9.17) is 0 Å². The summed E-state index contributed by atoms with van der Waals surface area (Å²) in [7, 11) is 0. The van der Waals surface area contributed by atoms with E-state index >= 15 is 0 Å². The van der Waals surface area contributed by atoms with Gasteiger partial charge in [0.15, 0.2) is 0 Å². The topological polar surface area (TPSA) is 52.7 Å². The average molecular weight is 355 g/mol. The van der Waals surface area contributed by atoms with Gasteiger partial charge in [-0.2, -0.15) is 0 Å². The van der Waals surface area contributed by atoms with Gasteiger partial charge in [0.05, 0.1) is 0 Å². The number of hydrogen-bond donors (Lipinski definition) is 1. The molecule has 1 aliphatic carbocycles. The number of anilines is 1. The van der Waals surface area contributed by atoms with Gasteiger partial charge in [0, 0.05) is 37.3 Å². The molecule has 0 radical (unpaired) electrons. The van der Waals surface area contributed by atoms with Crippen LogP contribution in [0, 0.1) is 5.92 Å². The Morgan fingerprint density at radius 1 is 0.923 bits per heavy atom. The zero-order valence-corrected chi connectivity index (χ0v) is 15.5. The van der Waals surface area contributed by atoms with Gasteiger partial charge < -0.3 is 15.1 Å². The van der Waals surface area contributed by atoms with Gasteiger partial charge in [0.25, 0.3) is 0 Å². The summed E-state index contributed by atoms with van der Waals surface area (Å²) in [6, 6.07) is 8.61. The molecule has 1 aromatic carbocycles. The third-order valence-electron chi connectivity index (χ3n) is 6.22. The molecule has 26 heavy (non-hydrogen) atoms. The summed E-state index contributed by atoms with van der Waals surface area (Å²) in [6.07, 6.45) is 8.44. The van der Waals surface area contributed by atoms with Crippen molar-refractivity contribution in [3.63, 3.8) is 0 Å². The molecular formula is C21H29N3O2. The van der Waals surface area contributed by atoms with Crippen LogP contribution in [-0.2, 0) is 11.2 Å². The number of amides is 3. The second-order valence-electron chi connectivity index (χ2n) is 7.91. The molecule has 5 heteroatoms. The first-order valence-corrected chi connectivity index (χ1v) is 10.2. The highest BCUT2D eigenvalue weighted by Gasteiger charge is 2.33. The first-order chi connectivity index (χ1) is 12.7. The van der Waals surface area contributed by atoms with Crippen molar-refractivity contribution in [2.45, 2.75) is 57.4 Å². The van der Waals surface area contributed by atoms with Gasteiger partial charge in [0.1, 0.15) is 0 Å². The molecule has 0 unspecified atom stereocenters. The predicted octanol–water partition coefficient (Wildman–Crippen LogP) is 3.33. The molecule has 3 aliphatic rings. The predicted molar refractivity (Wildman–Crippen MR) is 102 cm³/mol. The Labute approximate surface area is 155 Å². The van der Waals surface area contributed by atoms with Crippen molar-refractivity contribution in [2.24, 2.45) is 5.92 Å². The van der Waals surface area contributed by atoms with Crippen molar-refractivity contribution >= 4 is 17.6 Å². The Hall–Kier alpha value is -2.04. The number of fused-ring (bicyclic) bond motifs is 1. The van der Waals surface area contributed by atoms with Crippen molar-refractivity contribution in [1.82, 2.24) is 10.2 Å². The minimum atomic E-state index is 0.0416. The summed E-state index contributed by atoms with van der Waals surface area (Å²) < 4.78 is 0. The van der Waals surface area contributed by atoms with Gasteiger partial charge in [-0.15, -0.1) is 0 Å². The number of carbonyl (C=O) groups excluding carboxylic acids is 2. The number of benzene rings is 1. The molecule has 0 aromatic heterocycles. The zero-order valence-electron chi connectivity index (χ0n) is 15.5. The van der Waals surface area contributed by atoms with Crippen LogP contribution in [0.15, 0.2) is 24.3 Å². The van der Waals surface area contributed by atoms with Crippen molar-refractivity contribution < 1.29 is 9.59 Å². The Kier molecular flexibility index (Phi) is 5.14. The summed E-state index contributed by atoms with van der Waals surface area (Å²) in [5.41, 5.74) is 2.35. The fourth-order valence-electron chi connectivity index (χ4n) is 4.63. The minimum absolute atomic E-state index is 0.0416. The number of likely N-dealkylation sites (tertiary alicyclic amines) is 1. The molecule has 2 heterocycles. The van der Waals surface area contributed by atoms with E-state index in [2.05, 4.69) is 11.4 Å². The van der Waals surface area contributed by atoms with Crippen LogP contribution in [0.5, 0.6) is 0 Å². The Morgan fingerprint density at radius 2 is 1.65 bits per heavy atom. The van der Waals surface area contributed by atoms with Crippen molar-refractivity contribution in [1.29, 1.82) is 0 Å². The third kappa shape index (κ3) is 3.57. The highest BCUT2D eigenvalue weighted by atomic mass is 16.2. The lowest BCUT2D eigenvalue weighted by molar-refractivity contribution is -0.123. The molecule has 0 spiro atoms. The van der Waals surface area contributed by atoms with Crippen molar-refractivity contribution in [3.8, 4) is 0 Å². The first-order valence-electron chi connectivity index (χ1n) is 10.2. The van der Waals surface area contributed by atoms with Gasteiger partial charge >= 0.3 is 6.03 Å². The van der Waals surface area contributed by atoms with Crippen LogP contribution in [-0.4, -0.2) is 42.5 Å². The van der Waals surface area contributed by atoms with E-state index in [0.717, 1.165) is 44.3 Å².